The third-order valence-electron chi connectivity index (χ3n) is 4.61. The maximum Gasteiger partial charge on any atom is 0.223 e. The summed E-state index contributed by atoms with van der Waals surface area (Å²) in [4.78, 5) is 12.2. The van der Waals surface area contributed by atoms with Gasteiger partial charge in [0, 0.05) is 18.9 Å². The molecule has 1 atom stereocenters. The van der Waals surface area contributed by atoms with Crippen molar-refractivity contribution in [2.45, 2.75) is 70.9 Å². The van der Waals surface area contributed by atoms with Crippen molar-refractivity contribution in [3.63, 3.8) is 0 Å². The average molecular weight is 276 g/mol. The Morgan fingerprint density at radius 1 is 1.20 bits per heavy atom. The number of aryl methyl sites for hydroxylation is 1. The third-order valence-corrected chi connectivity index (χ3v) is 4.61. The predicted octanol–water partition coefficient (Wildman–Crippen LogP) is 2.37. The standard InChI is InChI=1S/C15H24N4O/c1-11(16-15(20)12-7-4-5-8-12)14-18-17-13-9-3-2-6-10-19(13)14/h11-12H,2-10H2,1H3,(H,16,20). The molecule has 1 fully saturated rings. The molecular weight excluding hydrogens is 252 g/mol. The lowest BCUT2D eigenvalue weighted by atomic mass is 10.1. The highest BCUT2D eigenvalue weighted by molar-refractivity contribution is 5.79. The molecule has 1 amide bonds. The van der Waals surface area contributed by atoms with E-state index < -0.39 is 0 Å². The molecule has 5 heteroatoms. The third kappa shape index (κ3) is 2.72. The van der Waals surface area contributed by atoms with Crippen LogP contribution in [0.5, 0.6) is 0 Å². The van der Waals surface area contributed by atoms with E-state index in [4.69, 9.17) is 0 Å². The van der Waals surface area contributed by atoms with Gasteiger partial charge in [-0.2, -0.15) is 0 Å². The SMILES string of the molecule is CC(NC(=O)C1CCCC1)c1nnc2n1CCCCC2. The van der Waals surface area contributed by atoms with Gasteiger partial charge in [-0.25, -0.2) is 0 Å². The molecule has 110 valence electrons. The molecule has 0 spiro atoms. The zero-order chi connectivity index (χ0) is 13.9. The Balaban J connectivity index is 1.69. The maximum atomic E-state index is 12.2. The highest BCUT2D eigenvalue weighted by Gasteiger charge is 2.26. The Morgan fingerprint density at radius 2 is 2.00 bits per heavy atom. The first-order chi connectivity index (χ1) is 9.75. The Kier molecular flexibility index (Phi) is 4.03. The van der Waals surface area contributed by atoms with Crippen LogP contribution in [0.4, 0.5) is 0 Å². The van der Waals surface area contributed by atoms with E-state index in [2.05, 4.69) is 20.1 Å². The topological polar surface area (TPSA) is 59.8 Å². The quantitative estimate of drug-likeness (QED) is 0.922. The van der Waals surface area contributed by atoms with Gasteiger partial charge in [-0.05, 0) is 32.6 Å². The second kappa shape index (κ2) is 5.94. The van der Waals surface area contributed by atoms with Crippen molar-refractivity contribution in [2.24, 2.45) is 5.92 Å². The molecule has 2 aliphatic rings. The largest absolute Gasteiger partial charge is 0.346 e. The van der Waals surface area contributed by atoms with Gasteiger partial charge in [-0.15, -0.1) is 10.2 Å². The van der Waals surface area contributed by atoms with Crippen LogP contribution >= 0.6 is 0 Å². The average Bonchev–Trinajstić information content (AvgIpc) is 3.04. The van der Waals surface area contributed by atoms with Gasteiger partial charge in [0.05, 0.1) is 6.04 Å². The fourth-order valence-electron chi connectivity index (χ4n) is 3.41. The Hall–Kier alpha value is -1.39. The van der Waals surface area contributed by atoms with Gasteiger partial charge >= 0.3 is 0 Å². The minimum absolute atomic E-state index is 0.0394. The van der Waals surface area contributed by atoms with E-state index in [-0.39, 0.29) is 17.9 Å². The summed E-state index contributed by atoms with van der Waals surface area (Å²) < 4.78 is 2.21. The molecular formula is C15H24N4O. The first-order valence-electron chi connectivity index (χ1n) is 7.98. The van der Waals surface area contributed by atoms with Crippen LogP contribution in [-0.4, -0.2) is 20.7 Å². The van der Waals surface area contributed by atoms with Crippen LogP contribution in [0.25, 0.3) is 0 Å². The lowest BCUT2D eigenvalue weighted by Crippen LogP contribution is -2.33. The molecule has 3 rings (SSSR count). The number of fused-ring (bicyclic) bond motifs is 1. The molecule has 1 unspecified atom stereocenters. The summed E-state index contributed by atoms with van der Waals surface area (Å²) in [5.41, 5.74) is 0. The zero-order valence-electron chi connectivity index (χ0n) is 12.3. The van der Waals surface area contributed by atoms with Gasteiger partial charge in [-0.3, -0.25) is 4.79 Å². The summed E-state index contributed by atoms with van der Waals surface area (Å²) in [6, 6.07) is -0.0394. The van der Waals surface area contributed by atoms with Crippen molar-refractivity contribution in [1.29, 1.82) is 0 Å². The number of rotatable bonds is 3. The van der Waals surface area contributed by atoms with E-state index in [0.717, 1.165) is 37.5 Å². The number of aromatic nitrogens is 3. The Morgan fingerprint density at radius 3 is 2.80 bits per heavy atom. The van der Waals surface area contributed by atoms with Gasteiger partial charge < -0.3 is 9.88 Å². The Labute approximate surface area is 120 Å². The van der Waals surface area contributed by atoms with E-state index in [1.165, 1.54) is 32.1 Å². The lowest BCUT2D eigenvalue weighted by Gasteiger charge is -2.17. The summed E-state index contributed by atoms with van der Waals surface area (Å²) in [6.45, 7) is 3.01. The Bertz CT molecular complexity index is 476. The van der Waals surface area contributed by atoms with Gasteiger partial charge in [-0.1, -0.05) is 19.3 Å². The van der Waals surface area contributed by atoms with Crippen molar-refractivity contribution in [3.8, 4) is 0 Å². The molecule has 0 radical (unpaired) electrons. The van der Waals surface area contributed by atoms with Crippen LogP contribution in [0.2, 0.25) is 0 Å². The molecule has 1 aliphatic carbocycles. The number of hydrogen-bond donors (Lipinski definition) is 1. The fourth-order valence-corrected chi connectivity index (χ4v) is 3.41. The molecule has 1 aromatic rings. The highest BCUT2D eigenvalue weighted by atomic mass is 16.1. The fraction of sp³-hybridized carbons (Fsp3) is 0.800. The molecule has 1 N–H and O–H groups in total. The van der Waals surface area contributed by atoms with E-state index in [1.807, 2.05) is 6.92 Å². The predicted molar refractivity (Wildman–Crippen MR) is 76.1 cm³/mol. The van der Waals surface area contributed by atoms with Crippen molar-refractivity contribution in [3.05, 3.63) is 11.6 Å². The minimum atomic E-state index is -0.0394. The molecule has 1 aromatic heterocycles. The summed E-state index contributed by atoms with van der Waals surface area (Å²) in [5, 5.41) is 11.8. The van der Waals surface area contributed by atoms with E-state index in [1.54, 1.807) is 0 Å². The van der Waals surface area contributed by atoms with Crippen LogP contribution in [0, 0.1) is 5.92 Å². The molecule has 1 saturated carbocycles. The van der Waals surface area contributed by atoms with Crippen molar-refractivity contribution in [2.75, 3.05) is 0 Å². The molecule has 0 aromatic carbocycles. The molecule has 0 saturated heterocycles. The first kappa shape index (κ1) is 13.6. The number of nitrogens with zero attached hydrogens (tertiary/aromatic N) is 3. The summed E-state index contributed by atoms with van der Waals surface area (Å²) in [5.74, 6) is 2.41. The van der Waals surface area contributed by atoms with E-state index in [9.17, 15) is 4.79 Å². The number of carbonyl (C=O) groups excluding carboxylic acids is 1. The lowest BCUT2D eigenvalue weighted by molar-refractivity contribution is -0.125. The van der Waals surface area contributed by atoms with Crippen LogP contribution < -0.4 is 5.32 Å². The first-order valence-corrected chi connectivity index (χ1v) is 7.98. The smallest absolute Gasteiger partial charge is 0.223 e. The molecule has 1 aliphatic heterocycles. The monoisotopic (exact) mass is 276 g/mol. The van der Waals surface area contributed by atoms with Gasteiger partial charge in [0.1, 0.15) is 5.82 Å². The summed E-state index contributed by atoms with van der Waals surface area (Å²) in [7, 11) is 0. The van der Waals surface area contributed by atoms with Gasteiger partial charge in [0.25, 0.3) is 0 Å². The second-order valence-electron chi connectivity index (χ2n) is 6.15. The zero-order valence-corrected chi connectivity index (χ0v) is 12.3. The van der Waals surface area contributed by atoms with Gasteiger partial charge in [0.15, 0.2) is 5.82 Å². The number of hydrogen-bond acceptors (Lipinski definition) is 3. The van der Waals surface area contributed by atoms with Gasteiger partial charge in [0.2, 0.25) is 5.91 Å². The molecule has 20 heavy (non-hydrogen) atoms. The maximum absolute atomic E-state index is 12.2. The highest BCUT2D eigenvalue weighted by Crippen LogP contribution is 2.26. The molecule has 0 bridgehead atoms. The number of nitrogens with one attached hydrogen (secondary N) is 1. The van der Waals surface area contributed by atoms with E-state index >= 15 is 0 Å². The van der Waals surface area contributed by atoms with Crippen molar-refractivity contribution >= 4 is 5.91 Å². The van der Waals surface area contributed by atoms with Crippen LogP contribution in [0.1, 0.15) is 69.6 Å². The molecule has 5 nitrogen and oxygen atoms in total. The summed E-state index contributed by atoms with van der Waals surface area (Å²) in [6.07, 6.45) is 9.09. The van der Waals surface area contributed by atoms with Crippen LogP contribution in [-0.2, 0) is 17.8 Å². The van der Waals surface area contributed by atoms with E-state index in [0.29, 0.717) is 0 Å². The number of amides is 1. The van der Waals surface area contributed by atoms with Crippen molar-refractivity contribution in [1.82, 2.24) is 20.1 Å². The normalized spacial score (nSPS) is 21.2. The second-order valence-corrected chi connectivity index (χ2v) is 6.15. The van der Waals surface area contributed by atoms with Crippen LogP contribution in [0.3, 0.4) is 0 Å². The number of carbonyl (C=O) groups is 1. The minimum Gasteiger partial charge on any atom is -0.346 e. The molecule has 2 heterocycles. The van der Waals surface area contributed by atoms with Crippen LogP contribution in [0.15, 0.2) is 0 Å². The van der Waals surface area contributed by atoms with Crippen molar-refractivity contribution < 1.29 is 4.79 Å². The summed E-state index contributed by atoms with van der Waals surface area (Å²) >= 11 is 0.